The van der Waals surface area contributed by atoms with Gasteiger partial charge < -0.3 is 4.52 Å². The number of hydrogen-bond acceptors (Lipinski definition) is 4. The van der Waals surface area contributed by atoms with Crippen molar-refractivity contribution in [1.82, 2.24) is 9.88 Å². The number of sulfonamides is 1. The van der Waals surface area contributed by atoms with Gasteiger partial charge in [-0.25, -0.2) is 13.1 Å². The monoisotopic (exact) mass is 264 g/mol. The van der Waals surface area contributed by atoms with E-state index in [4.69, 9.17) is 16.1 Å². The van der Waals surface area contributed by atoms with Crippen LogP contribution in [0.4, 0.5) is 0 Å². The van der Waals surface area contributed by atoms with Gasteiger partial charge in [0.05, 0.1) is 0 Å². The Balaban J connectivity index is 2.19. The van der Waals surface area contributed by atoms with Gasteiger partial charge in [-0.3, -0.25) is 0 Å². The van der Waals surface area contributed by atoms with Crippen molar-refractivity contribution in [1.29, 1.82) is 0 Å². The molecule has 0 aliphatic heterocycles. The van der Waals surface area contributed by atoms with Crippen molar-refractivity contribution < 1.29 is 12.9 Å². The van der Waals surface area contributed by atoms with Gasteiger partial charge in [0, 0.05) is 11.4 Å². The second-order valence-corrected chi connectivity index (χ2v) is 6.31. The molecule has 1 aromatic rings. The van der Waals surface area contributed by atoms with Gasteiger partial charge in [-0.05, 0) is 26.7 Å². The van der Waals surface area contributed by atoms with E-state index < -0.39 is 10.0 Å². The summed E-state index contributed by atoms with van der Waals surface area (Å²) < 4.78 is 31.4. The summed E-state index contributed by atoms with van der Waals surface area (Å²) in [6.07, 6.45) is 1.34. The lowest BCUT2D eigenvalue weighted by atomic mass is 9.94. The molecule has 16 heavy (non-hydrogen) atoms. The summed E-state index contributed by atoms with van der Waals surface area (Å²) in [5, 5.41) is 3.71. The molecular weight excluding hydrogens is 252 g/mol. The minimum Gasteiger partial charge on any atom is -0.360 e. The summed E-state index contributed by atoms with van der Waals surface area (Å²) in [6.45, 7) is 3.19. The molecule has 0 atom stereocenters. The zero-order chi connectivity index (χ0) is 11.9. The van der Waals surface area contributed by atoms with Gasteiger partial charge in [0.15, 0.2) is 5.76 Å². The standard InChI is InChI=1S/C9H13ClN2O3S/c1-5-9(6(2)15-11-5)16(13,14)12-8-3-7(10)4-8/h7-8,12H,3-4H2,1-2H3. The quantitative estimate of drug-likeness (QED) is 0.837. The third kappa shape index (κ3) is 2.09. The van der Waals surface area contributed by atoms with E-state index in [0.717, 1.165) is 0 Å². The molecule has 0 bridgehead atoms. The molecule has 1 fully saturated rings. The average Bonchev–Trinajstić information content (AvgIpc) is 2.43. The van der Waals surface area contributed by atoms with Crippen LogP contribution in [0, 0.1) is 13.8 Å². The lowest BCUT2D eigenvalue weighted by Gasteiger charge is -2.31. The van der Waals surface area contributed by atoms with Gasteiger partial charge in [0.1, 0.15) is 10.6 Å². The van der Waals surface area contributed by atoms with Gasteiger partial charge in [-0.2, -0.15) is 0 Å². The van der Waals surface area contributed by atoms with Crippen LogP contribution in [-0.2, 0) is 10.0 Å². The highest BCUT2D eigenvalue weighted by molar-refractivity contribution is 7.89. The van der Waals surface area contributed by atoms with Crippen LogP contribution in [0.1, 0.15) is 24.3 Å². The lowest BCUT2D eigenvalue weighted by molar-refractivity contribution is 0.386. The van der Waals surface area contributed by atoms with Crippen LogP contribution in [0.25, 0.3) is 0 Å². The molecule has 1 aliphatic carbocycles. The van der Waals surface area contributed by atoms with Crippen molar-refractivity contribution >= 4 is 21.6 Å². The largest absolute Gasteiger partial charge is 0.360 e. The first-order chi connectivity index (χ1) is 7.40. The number of nitrogens with one attached hydrogen (secondary N) is 1. The Kier molecular flexibility index (Phi) is 2.98. The van der Waals surface area contributed by atoms with Crippen molar-refractivity contribution in [2.75, 3.05) is 0 Å². The molecule has 2 rings (SSSR count). The lowest BCUT2D eigenvalue weighted by Crippen LogP contribution is -2.44. The fourth-order valence-electron chi connectivity index (χ4n) is 1.78. The van der Waals surface area contributed by atoms with E-state index in [9.17, 15) is 8.42 Å². The van der Waals surface area contributed by atoms with E-state index in [1.165, 1.54) is 0 Å². The highest BCUT2D eigenvalue weighted by atomic mass is 35.5. The Bertz CT molecular complexity index is 471. The summed E-state index contributed by atoms with van der Waals surface area (Å²) >= 11 is 5.79. The maximum Gasteiger partial charge on any atom is 0.246 e. The third-order valence-corrected chi connectivity index (χ3v) is 4.76. The maximum atomic E-state index is 12.0. The predicted octanol–water partition coefficient (Wildman–Crippen LogP) is 1.34. The smallest absolute Gasteiger partial charge is 0.246 e. The van der Waals surface area contributed by atoms with Crippen molar-refractivity contribution in [3.8, 4) is 0 Å². The number of aromatic nitrogens is 1. The van der Waals surface area contributed by atoms with Crippen molar-refractivity contribution in [2.45, 2.75) is 43.0 Å². The summed E-state index contributed by atoms with van der Waals surface area (Å²) in [4.78, 5) is 0.144. The van der Waals surface area contributed by atoms with E-state index in [2.05, 4.69) is 9.88 Å². The first kappa shape index (κ1) is 11.9. The Morgan fingerprint density at radius 3 is 2.50 bits per heavy atom. The van der Waals surface area contributed by atoms with Crippen LogP contribution in [-0.4, -0.2) is 25.0 Å². The molecule has 0 aromatic carbocycles. The van der Waals surface area contributed by atoms with Crippen LogP contribution in [0.15, 0.2) is 9.42 Å². The predicted molar refractivity (Wildman–Crippen MR) is 59.0 cm³/mol. The molecule has 1 saturated carbocycles. The first-order valence-corrected chi connectivity index (χ1v) is 6.91. The van der Waals surface area contributed by atoms with Gasteiger partial charge in [0.2, 0.25) is 10.0 Å². The molecule has 90 valence electrons. The van der Waals surface area contributed by atoms with E-state index in [1.807, 2.05) is 0 Å². The molecule has 7 heteroatoms. The molecule has 1 N–H and O–H groups in total. The molecule has 0 radical (unpaired) electrons. The Morgan fingerprint density at radius 2 is 2.06 bits per heavy atom. The molecule has 0 unspecified atom stereocenters. The minimum absolute atomic E-state index is 0.0683. The van der Waals surface area contributed by atoms with Crippen LogP contribution in [0.5, 0.6) is 0 Å². The fraction of sp³-hybridized carbons (Fsp3) is 0.667. The highest BCUT2D eigenvalue weighted by Crippen LogP contribution is 2.28. The second-order valence-electron chi connectivity index (χ2n) is 4.04. The Morgan fingerprint density at radius 1 is 1.44 bits per heavy atom. The normalized spacial score (nSPS) is 25.4. The van der Waals surface area contributed by atoms with E-state index in [1.54, 1.807) is 13.8 Å². The van der Waals surface area contributed by atoms with Gasteiger partial charge >= 0.3 is 0 Å². The molecule has 1 aromatic heterocycles. The molecule has 5 nitrogen and oxygen atoms in total. The summed E-state index contributed by atoms with van der Waals surface area (Å²) in [5.41, 5.74) is 0.381. The molecule has 1 aliphatic rings. The van der Waals surface area contributed by atoms with Crippen molar-refractivity contribution in [2.24, 2.45) is 0 Å². The summed E-state index contributed by atoms with van der Waals surface area (Å²) in [6, 6.07) is -0.0683. The highest BCUT2D eigenvalue weighted by Gasteiger charge is 2.33. The first-order valence-electron chi connectivity index (χ1n) is 4.99. The summed E-state index contributed by atoms with van der Waals surface area (Å²) in [5.74, 6) is 0.312. The Labute approximate surface area is 99.2 Å². The second kappa shape index (κ2) is 4.01. The van der Waals surface area contributed by atoms with Crippen molar-refractivity contribution in [3.63, 3.8) is 0 Å². The van der Waals surface area contributed by atoms with E-state index in [-0.39, 0.29) is 16.3 Å². The molecule has 0 saturated heterocycles. The summed E-state index contributed by atoms with van der Waals surface area (Å²) in [7, 11) is -3.53. The van der Waals surface area contributed by atoms with E-state index in [0.29, 0.717) is 24.3 Å². The van der Waals surface area contributed by atoms with Crippen LogP contribution in [0.3, 0.4) is 0 Å². The number of halogens is 1. The SMILES string of the molecule is Cc1noc(C)c1S(=O)(=O)NC1CC(Cl)C1. The average molecular weight is 265 g/mol. The third-order valence-electron chi connectivity index (χ3n) is 2.64. The number of aryl methyl sites for hydroxylation is 2. The number of nitrogens with zero attached hydrogens (tertiary/aromatic N) is 1. The number of alkyl halides is 1. The van der Waals surface area contributed by atoms with Crippen LogP contribution < -0.4 is 4.72 Å². The zero-order valence-corrected chi connectivity index (χ0v) is 10.6. The van der Waals surface area contributed by atoms with Crippen LogP contribution >= 0.6 is 11.6 Å². The number of hydrogen-bond donors (Lipinski definition) is 1. The minimum atomic E-state index is -3.53. The molecule has 0 amide bonds. The van der Waals surface area contributed by atoms with Crippen LogP contribution in [0.2, 0.25) is 0 Å². The number of rotatable bonds is 3. The van der Waals surface area contributed by atoms with E-state index >= 15 is 0 Å². The molecule has 0 spiro atoms. The van der Waals surface area contributed by atoms with Gasteiger partial charge in [-0.1, -0.05) is 5.16 Å². The molecular formula is C9H13ClN2O3S. The zero-order valence-electron chi connectivity index (χ0n) is 9.03. The molecule has 1 heterocycles. The fourth-order valence-corrected chi connectivity index (χ4v) is 3.80. The topological polar surface area (TPSA) is 72.2 Å². The van der Waals surface area contributed by atoms with Gasteiger partial charge in [-0.15, -0.1) is 11.6 Å². The van der Waals surface area contributed by atoms with Crippen molar-refractivity contribution in [3.05, 3.63) is 11.5 Å². The Hall–Kier alpha value is -0.590. The maximum absolute atomic E-state index is 12.0. The van der Waals surface area contributed by atoms with Gasteiger partial charge in [0.25, 0.3) is 0 Å².